The van der Waals surface area contributed by atoms with Crippen LogP contribution >= 0.6 is 46.4 Å². The number of hydrazone groups is 1. The van der Waals surface area contributed by atoms with E-state index < -0.39 is 29.1 Å². The molecule has 1 fully saturated rings. The van der Waals surface area contributed by atoms with Crippen LogP contribution < -0.4 is 10.0 Å². The molecule has 0 saturated carbocycles. The highest BCUT2D eigenvalue weighted by molar-refractivity contribution is 6.43. The van der Waals surface area contributed by atoms with Gasteiger partial charge in [0.2, 0.25) is 6.04 Å². The molecule has 0 aromatic heterocycles. The third kappa shape index (κ3) is 11.5. The number of amidine groups is 1. The van der Waals surface area contributed by atoms with Crippen LogP contribution in [-0.4, -0.2) is 40.0 Å². The van der Waals surface area contributed by atoms with Crippen LogP contribution in [0.4, 0.5) is 17.1 Å². The van der Waals surface area contributed by atoms with Crippen LogP contribution in [0.25, 0.3) is 16.8 Å². The first-order chi connectivity index (χ1) is 29.2. The molecule has 316 valence electrons. The van der Waals surface area contributed by atoms with Crippen LogP contribution in [0, 0.1) is 0 Å². The van der Waals surface area contributed by atoms with Gasteiger partial charge in [-0.3, -0.25) is 14.4 Å². The first kappa shape index (κ1) is 45.3. The number of allylic oxidation sites excluding steroid dienone is 1. The van der Waals surface area contributed by atoms with Crippen molar-refractivity contribution in [3.05, 3.63) is 106 Å². The molecule has 4 aromatic rings. The van der Waals surface area contributed by atoms with E-state index in [4.69, 9.17) is 51.5 Å². The second kappa shape index (κ2) is 22.5. The number of rotatable bonds is 21. The van der Waals surface area contributed by atoms with Gasteiger partial charge >= 0.3 is 0 Å². The smallest absolute Gasteiger partial charge is 0.272 e. The van der Waals surface area contributed by atoms with E-state index in [-0.39, 0.29) is 33.0 Å². The minimum absolute atomic E-state index is 0.0576. The van der Waals surface area contributed by atoms with Gasteiger partial charge in [0.15, 0.2) is 5.84 Å². The number of fused-ring (bicyclic) bond motifs is 1. The minimum atomic E-state index is -1.44. The first-order valence-electron chi connectivity index (χ1n) is 21.2. The van der Waals surface area contributed by atoms with E-state index >= 15 is 0 Å². The Hall–Kier alpha value is -4.28. The Bertz CT molecular complexity index is 2200. The molecule has 2 atom stereocenters. The number of halogens is 4. The predicted octanol–water partition coefficient (Wildman–Crippen LogP) is 14.3. The highest BCUT2D eigenvalue weighted by atomic mass is 35.5. The summed E-state index contributed by atoms with van der Waals surface area (Å²) in [5.41, 5.74) is 1.77. The summed E-state index contributed by atoms with van der Waals surface area (Å²) >= 11 is 25.9. The average molecular weight is 891 g/mol. The Morgan fingerprint density at radius 2 is 1.37 bits per heavy atom. The Morgan fingerprint density at radius 1 is 0.750 bits per heavy atom. The number of hydrogen-bond donors (Lipinski definition) is 0. The van der Waals surface area contributed by atoms with Gasteiger partial charge in [-0.15, -0.1) is 16.7 Å². The van der Waals surface area contributed by atoms with Crippen LogP contribution in [0.1, 0.15) is 115 Å². The van der Waals surface area contributed by atoms with E-state index in [0.29, 0.717) is 11.4 Å². The molecule has 4 aromatic carbocycles. The van der Waals surface area contributed by atoms with Gasteiger partial charge in [-0.1, -0.05) is 186 Å². The number of imide groups is 1. The number of nitrogens with zero attached hydrogens (tertiary/aromatic N) is 6. The summed E-state index contributed by atoms with van der Waals surface area (Å²) in [5, 5.41) is 18.0. The number of unbranched alkanes of at least 4 members (excludes halogenated alkanes) is 14. The number of amides is 3. The lowest BCUT2D eigenvalue weighted by molar-refractivity contribution is -0.138. The number of hydrazine groups is 1. The Labute approximate surface area is 373 Å². The molecule has 0 aliphatic carbocycles. The minimum Gasteiger partial charge on any atom is -0.272 e. The molecule has 0 bridgehead atoms. The Morgan fingerprint density at radius 3 is 2.02 bits per heavy atom. The van der Waals surface area contributed by atoms with Gasteiger partial charge in [0.1, 0.15) is 11.1 Å². The topological polar surface area (TPSA) is 98.0 Å². The van der Waals surface area contributed by atoms with Crippen molar-refractivity contribution >= 4 is 104 Å². The monoisotopic (exact) mass is 888 g/mol. The average Bonchev–Trinajstić information content (AvgIpc) is 3.68. The van der Waals surface area contributed by atoms with Gasteiger partial charge in [-0.25, -0.2) is 5.01 Å². The lowest BCUT2D eigenvalue weighted by Gasteiger charge is -2.32. The van der Waals surface area contributed by atoms with E-state index in [1.54, 1.807) is 12.1 Å². The molecule has 9 nitrogen and oxygen atoms in total. The molecule has 6 rings (SSSR count). The number of carbonyl (C=O) groups is 3. The molecule has 2 unspecified atom stereocenters. The maximum atomic E-state index is 14.5. The van der Waals surface area contributed by atoms with Gasteiger partial charge in [0.25, 0.3) is 17.7 Å². The molecule has 2 aliphatic rings. The van der Waals surface area contributed by atoms with Crippen molar-refractivity contribution in [2.75, 3.05) is 10.0 Å². The summed E-state index contributed by atoms with van der Waals surface area (Å²) in [7, 11) is 0. The second-order valence-corrected chi connectivity index (χ2v) is 17.1. The van der Waals surface area contributed by atoms with Crippen molar-refractivity contribution in [1.82, 2.24) is 5.01 Å². The van der Waals surface area contributed by atoms with Crippen LogP contribution in [0.15, 0.2) is 100 Å². The quantitative estimate of drug-likeness (QED) is 0.0360. The van der Waals surface area contributed by atoms with Crippen LogP contribution in [0.3, 0.4) is 0 Å². The van der Waals surface area contributed by atoms with Crippen molar-refractivity contribution in [1.29, 1.82) is 0 Å². The fraction of sp³-hybridized carbons (Fsp3) is 0.404. The standard InChI is InChI=1S/C47H52Cl4N6O3/c1-2-3-4-5-6-7-8-9-10-11-12-13-14-15-16-17-22-33-23-20-26-36(29-33)56(57-42(58)32-40(51)46(57)59)45-43(53-52-41-28-21-25-34-24-18-19-27-37(34)41)47(60)55(54-45)44-38(49)30-35(48)31-39(44)50/h17-31,40,43H,2-16,32H2,1H3. The molecule has 0 spiro atoms. The molecule has 2 aliphatic heterocycles. The number of anilines is 2. The SMILES string of the molecule is CCCCCCCCCCCCCCCCC=Cc1cccc(N(C2=NN(c3c(Cl)cc(Cl)cc3Cl)C(=O)C2N=Nc2cccc3ccccc23)N2C(=O)CC(Cl)C2=O)c1. The zero-order chi connectivity index (χ0) is 42.4. The number of carbonyl (C=O) groups excluding carboxylic acids is 3. The van der Waals surface area contributed by atoms with Crippen molar-refractivity contribution in [3.8, 4) is 0 Å². The Balaban J connectivity index is 1.21. The van der Waals surface area contributed by atoms with Crippen LogP contribution in [-0.2, 0) is 14.4 Å². The number of azo groups is 1. The zero-order valence-corrected chi connectivity index (χ0v) is 37.1. The second-order valence-electron chi connectivity index (χ2n) is 15.4. The lowest BCUT2D eigenvalue weighted by atomic mass is 10.0. The van der Waals surface area contributed by atoms with E-state index in [2.05, 4.69) is 23.2 Å². The van der Waals surface area contributed by atoms with Crippen LogP contribution in [0.2, 0.25) is 15.1 Å². The molecule has 0 radical (unpaired) electrons. The van der Waals surface area contributed by atoms with E-state index in [1.807, 2.05) is 60.7 Å². The summed E-state index contributed by atoms with van der Waals surface area (Å²) in [6, 6.07) is 22.0. The first-order valence-corrected chi connectivity index (χ1v) is 22.8. The van der Waals surface area contributed by atoms with Crippen molar-refractivity contribution in [2.24, 2.45) is 15.3 Å². The maximum absolute atomic E-state index is 14.5. The summed E-state index contributed by atoms with van der Waals surface area (Å²) in [6.45, 7) is 2.26. The van der Waals surface area contributed by atoms with Gasteiger partial charge < -0.3 is 0 Å². The summed E-state index contributed by atoms with van der Waals surface area (Å²) in [4.78, 5) is 41.7. The molecule has 0 N–H and O–H groups in total. The van der Waals surface area contributed by atoms with E-state index in [1.165, 1.54) is 101 Å². The highest BCUT2D eigenvalue weighted by Crippen LogP contribution is 2.40. The van der Waals surface area contributed by atoms with Crippen molar-refractivity contribution in [2.45, 2.75) is 121 Å². The molecular weight excluding hydrogens is 838 g/mol. The number of benzene rings is 4. The molecule has 13 heteroatoms. The third-order valence-corrected chi connectivity index (χ3v) is 11.9. The van der Waals surface area contributed by atoms with Gasteiger partial charge in [-0.05, 0) is 54.1 Å². The fourth-order valence-corrected chi connectivity index (χ4v) is 8.79. The maximum Gasteiger partial charge on any atom is 0.282 e. The predicted molar refractivity (Wildman–Crippen MR) is 248 cm³/mol. The van der Waals surface area contributed by atoms with Crippen LogP contribution in [0.5, 0.6) is 0 Å². The fourth-order valence-electron chi connectivity index (χ4n) is 7.58. The summed E-state index contributed by atoms with van der Waals surface area (Å²) < 4.78 is 0. The van der Waals surface area contributed by atoms with Gasteiger partial charge in [-0.2, -0.15) is 20.2 Å². The largest absolute Gasteiger partial charge is 0.282 e. The van der Waals surface area contributed by atoms with E-state index in [0.717, 1.165) is 39.2 Å². The molecule has 60 heavy (non-hydrogen) atoms. The molecule has 3 amide bonds. The van der Waals surface area contributed by atoms with Gasteiger partial charge in [0, 0.05) is 10.4 Å². The molecular formula is C47H52Cl4N6O3. The van der Waals surface area contributed by atoms with Crippen molar-refractivity contribution < 1.29 is 14.4 Å². The normalized spacial score (nSPS) is 17.0. The van der Waals surface area contributed by atoms with Gasteiger partial charge in [0.05, 0.1) is 27.8 Å². The number of alkyl halides is 1. The lowest BCUT2D eigenvalue weighted by Crippen LogP contribution is -2.53. The summed E-state index contributed by atoms with van der Waals surface area (Å²) in [6.07, 6.45) is 23.1. The summed E-state index contributed by atoms with van der Waals surface area (Å²) in [5.74, 6) is -1.99. The van der Waals surface area contributed by atoms with Crippen molar-refractivity contribution in [3.63, 3.8) is 0 Å². The third-order valence-electron chi connectivity index (χ3n) is 10.8. The molecule has 2 heterocycles. The zero-order valence-electron chi connectivity index (χ0n) is 34.0. The number of hydrogen-bond acceptors (Lipinski definition) is 7. The Kier molecular flexibility index (Phi) is 17.0. The highest BCUT2D eigenvalue weighted by Gasteiger charge is 2.49. The van der Waals surface area contributed by atoms with E-state index in [9.17, 15) is 14.4 Å². The molecule has 1 saturated heterocycles.